The maximum Gasteiger partial charge on any atom is 0.170 e. The number of carbonyl (C=O) groups excluding carboxylic acids is 1. The van der Waals surface area contributed by atoms with E-state index in [0.717, 1.165) is 20.1 Å². The zero-order valence-corrected chi connectivity index (χ0v) is 13.1. The Morgan fingerprint density at radius 3 is 2.78 bits per heavy atom. The van der Waals surface area contributed by atoms with Gasteiger partial charge in [-0.2, -0.15) is 0 Å². The van der Waals surface area contributed by atoms with Crippen molar-refractivity contribution in [3.63, 3.8) is 0 Å². The highest BCUT2D eigenvalue weighted by Gasteiger charge is 2.14. The van der Waals surface area contributed by atoms with E-state index in [1.54, 1.807) is 29.5 Å². The third kappa shape index (κ3) is 2.99. The Hall–Kier alpha value is -0.710. The zero-order chi connectivity index (χ0) is 13.3. The van der Waals surface area contributed by atoms with Gasteiger partial charge in [0.15, 0.2) is 5.78 Å². The van der Waals surface area contributed by atoms with Crippen molar-refractivity contribution in [2.45, 2.75) is 20.3 Å². The summed E-state index contributed by atoms with van der Waals surface area (Å²) in [5, 5.41) is 1.41. The third-order valence-corrected chi connectivity index (χ3v) is 4.61. The van der Waals surface area contributed by atoms with Crippen LogP contribution < -0.4 is 0 Å². The van der Waals surface area contributed by atoms with Crippen LogP contribution in [-0.4, -0.2) is 10.8 Å². The lowest BCUT2D eigenvalue weighted by Gasteiger charge is -2.02. The number of hydrogen-bond donors (Lipinski definition) is 0. The molecule has 0 aliphatic rings. The van der Waals surface area contributed by atoms with Crippen LogP contribution in [0.1, 0.15) is 25.9 Å². The van der Waals surface area contributed by atoms with Gasteiger partial charge in [0.25, 0.3) is 0 Å². The molecule has 0 radical (unpaired) electrons. The Morgan fingerprint density at radius 2 is 2.17 bits per heavy atom. The molecule has 2 nitrogen and oxygen atoms in total. The highest BCUT2D eigenvalue weighted by Crippen LogP contribution is 2.24. The number of hydrogen-bond acceptors (Lipinski definition) is 3. The van der Waals surface area contributed by atoms with Crippen LogP contribution in [0.4, 0.5) is 0 Å². The van der Waals surface area contributed by atoms with Crippen LogP contribution in [0.3, 0.4) is 0 Å². The fraction of sp³-hybridized carbons (Fsp3) is 0.231. The van der Waals surface area contributed by atoms with Gasteiger partial charge in [0.1, 0.15) is 5.01 Å². The average Bonchev–Trinajstić information content (AvgIpc) is 2.61. The van der Waals surface area contributed by atoms with Gasteiger partial charge in [0, 0.05) is 19.9 Å². The van der Waals surface area contributed by atoms with Crippen LogP contribution >= 0.6 is 38.9 Å². The molecule has 2 rings (SSSR count). The monoisotopic (exact) mass is 343 g/mol. The van der Waals surface area contributed by atoms with E-state index >= 15 is 0 Å². The van der Waals surface area contributed by atoms with Gasteiger partial charge in [-0.25, -0.2) is 4.98 Å². The molecule has 0 saturated heterocycles. The van der Waals surface area contributed by atoms with Gasteiger partial charge in [-0.1, -0.05) is 27.5 Å². The largest absolute Gasteiger partial charge is 0.294 e. The number of carbonyl (C=O) groups is 1. The molecule has 0 fully saturated rings. The zero-order valence-electron chi connectivity index (χ0n) is 9.96. The van der Waals surface area contributed by atoms with Gasteiger partial charge in [-0.3, -0.25) is 4.79 Å². The normalized spacial score (nSPS) is 10.7. The lowest BCUT2D eigenvalue weighted by molar-refractivity contribution is 0.0992. The number of rotatable bonds is 3. The number of Topliss-reactive ketones (excluding diaryl/α,β-unsaturated/α-hetero) is 1. The number of ketones is 1. The van der Waals surface area contributed by atoms with Gasteiger partial charge in [0.05, 0.1) is 12.1 Å². The Labute approximate surface area is 123 Å². The first kappa shape index (κ1) is 13.7. The minimum Gasteiger partial charge on any atom is -0.294 e. The first-order chi connectivity index (χ1) is 8.47. The summed E-state index contributed by atoms with van der Waals surface area (Å²) < 4.78 is 0.766. The molecular weight excluding hydrogens is 334 g/mol. The number of thiazole rings is 1. The molecule has 0 saturated carbocycles. The molecule has 0 aliphatic carbocycles. The summed E-state index contributed by atoms with van der Waals surface area (Å²) in [7, 11) is 0. The average molecular weight is 345 g/mol. The summed E-state index contributed by atoms with van der Waals surface area (Å²) >= 11 is 10.8. The predicted octanol–water partition coefficient (Wildman–Crippen LogP) is 4.60. The molecule has 94 valence electrons. The second-order valence-corrected chi connectivity index (χ2v) is 6.55. The van der Waals surface area contributed by atoms with Crippen molar-refractivity contribution in [2.24, 2.45) is 0 Å². The van der Waals surface area contributed by atoms with Crippen molar-refractivity contribution < 1.29 is 4.79 Å². The van der Waals surface area contributed by atoms with Gasteiger partial charge in [0.2, 0.25) is 0 Å². The van der Waals surface area contributed by atoms with E-state index in [-0.39, 0.29) is 5.78 Å². The Morgan fingerprint density at radius 1 is 1.44 bits per heavy atom. The van der Waals surface area contributed by atoms with Gasteiger partial charge in [-0.05, 0) is 32.0 Å². The highest BCUT2D eigenvalue weighted by atomic mass is 79.9. The fourth-order valence-electron chi connectivity index (χ4n) is 1.56. The molecule has 2 aromatic rings. The van der Waals surface area contributed by atoms with Crippen LogP contribution in [0.15, 0.2) is 22.7 Å². The molecule has 1 heterocycles. The molecule has 0 unspecified atom stereocenters. The summed E-state index contributed by atoms with van der Waals surface area (Å²) in [4.78, 5) is 17.7. The second kappa shape index (κ2) is 5.51. The Bertz CT molecular complexity index is 590. The molecule has 0 N–H and O–H groups in total. The SMILES string of the molecule is Cc1nc(CC(=O)c2cc(Cl)ccc2Br)sc1C. The molecule has 18 heavy (non-hydrogen) atoms. The summed E-state index contributed by atoms with van der Waals surface area (Å²) in [6, 6.07) is 5.22. The number of aromatic nitrogens is 1. The summed E-state index contributed by atoms with van der Waals surface area (Å²) in [6.07, 6.45) is 0.318. The van der Waals surface area contributed by atoms with Crippen LogP contribution in [0, 0.1) is 13.8 Å². The first-order valence-electron chi connectivity index (χ1n) is 5.38. The van der Waals surface area contributed by atoms with Crippen molar-refractivity contribution >= 4 is 44.7 Å². The minimum atomic E-state index is 0.0260. The summed E-state index contributed by atoms with van der Waals surface area (Å²) in [5.74, 6) is 0.0260. The first-order valence-corrected chi connectivity index (χ1v) is 7.37. The van der Waals surface area contributed by atoms with Gasteiger partial charge >= 0.3 is 0 Å². The second-order valence-electron chi connectivity index (χ2n) is 3.97. The third-order valence-electron chi connectivity index (χ3n) is 2.61. The lowest BCUT2D eigenvalue weighted by Crippen LogP contribution is -2.04. The maximum absolute atomic E-state index is 12.2. The molecule has 0 amide bonds. The van der Waals surface area contributed by atoms with E-state index in [0.29, 0.717) is 17.0 Å². The number of aryl methyl sites for hydroxylation is 2. The van der Waals surface area contributed by atoms with Crippen LogP contribution in [-0.2, 0) is 6.42 Å². The van der Waals surface area contributed by atoms with E-state index in [1.165, 1.54) is 0 Å². The van der Waals surface area contributed by atoms with Crippen LogP contribution in [0.5, 0.6) is 0 Å². The molecule has 0 bridgehead atoms. The molecule has 0 atom stereocenters. The number of nitrogens with zero attached hydrogens (tertiary/aromatic N) is 1. The molecule has 0 spiro atoms. The molecule has 5 heteroatoms. The standard InChI is InChI=1S/C13H11BrClNOS/c1-7-8(2)18-13(16-7)6-12(17)10-5-9(15)3-4-11(10)14/h3-5H,6H2,1-2H3. The van der Waals surface area contributed by atoms with Crippen molar-refractivity contribution in [1.82, 2.24) is 4.98 Å². The molecule has 1 aromatic carbocycles. The quantitative estimate of drug-likeness (QED) is 0.762. The van der Waals surface area contributed by atoms with Crippen molar-refractivity contribution in [3.05, 3.63) is 48.8 Å². The fourth-order valence-corrected chi connectivity index (χ4v) is 3.13. The van der Waals surface area contributed by atoms with E-state index in [4.69, 9.17) is 11.6 Å². The number of benzene rings is 1. The van der Waals surface area contributed by atoms with Gasteiger partial charge < -0.3 is 0 Å². The van der Waals surface area contributed by atoms with Crippen LogP contribution in [0.25, 0.3) is 0 Å². The van der Waals surface area contributed by atoms with Crippen molar-refractivity contribution in [1.29, 1.82) is 0 Å². The summed E-state index contributed by atoms with van der Waals surface area (Å²) in [5.41, 5.74) is 1.60. The lowest BCUT2D eigenvalue weighted by atomic mass is 10.1. The molecule has 0 aliphatic heterocycles. The number of halogens is 2. The molecule has 1 aromatic heterocycles. The van der Waals surface area contributed by atoms with Gasteiger partial charge in [-0.15, -0.1) is 11.3 Å². The van der Waals surface area contributed by atoms with E-state index < -0.39 is 0 Å². The van der Waals surface area contributed by atoms with Crippen molar-refractivity contribution in [2.75, 3.05) is 0 Å². The van der Waals surface area contributed by atoms with Crippen LogP contribution in [0.2, 0.25) is 5.02 Å². The summed E-state index contributed by atoms with van der Waals surface area (Å²) in [6.45, 7) is 3.96. The molecular formula is C13H11BrClNOS. The maximum atomic E-state index is 12.2. The van der Waals surface area contributed by atoms with E-state index in [2.05, 4.69) is 20.9 Å². The Balaban J connectivity index is 2.24. The highest BCUT2D eigenvalue weighted by molar-refractivity contribution is 9.10. The predicted molar refractivity (Wildman–Crippen MR) is 78.8 cm³/mol. The van der Waals surface area contributed by atoms with Crippen molar-refractivity contribution in [3.8, 4) is 0 Å². The minimum absolute atomic E-state index is 0.0260. The topological polar surface area (TPSA) is 30.0 Å². The Kier molecular flexibility index (Phi) is 4.20. The van der Waals surface area contributed by atoms with E-state index in [1.807, 2.05) is 13.8 Å². The van der Waals surface area contributed by atoms with E-state index in [9.17, 15) is 4.79 Å². The smallest absolute Gasteiger partial charge is 0.170 e.